The Bertz CT molecular complexity index is 652. The van der Waals surface area contributed by atoms with Gasteiger partial charge in [0, 0.05) is 19.3 Å². The summed E-state index contributed by atoms with van der Waals surface area (Å²) in [4.78, 5) is 14.1. The molecular weight excluding hydrogens is 269 g/mol. The molecule has 4 nitrogen and oxygen atoms in total. The number of aryl methyl sites for hydroxylation is 1. The van der Waals surface area contributed by atoms with Gasteiger partial charge in [-0.3, -0.25) is 9.48 Å². The highest BCUT2D eigenvalue weighted by Crippen LogP contribution is 2.33. The van der Waals surface area contributed by atoms with Crippen molar-refractivity contribution >= 4 is 5.91 Å². The molecule has 1 aromatic heterocycles. The lowest BCUT2D eigenvalue weighted by molar-refractivity contribution is -0.138. The maximum atomic E-state index is 13.3. The van der Waals surface area contributed by atoms with Crippen molar-refractivity contribution in [2.75, 3.05) is 6.54 Å². The molecule has 0 spiro atoms. The van der Waals surface area contributed by atoms with Crippen LogP contribution >= 0.6 is 0 Å². The van der Waals surface area contributed by atoms with Crippen molar-refractivity contribution in [3.8, 4) is 0 Å². The number of carbonyl (C=O) groups excluding carboxylic acids is 1. The van der Waals surface area contributed by atoms with Crippen LogP contribution in [0.1, 0.15) is 30.6 Å². The fourth-order valence-corrected chi connectivity index (χ4v) is 2.68. The molecule has 0 N–H and O–H groups in total. The smallest absolute Gasteiger partial charge is 0.229 e. The van der Waals surface area contributed by atoms with E-state index in [4.69, 9.17) is 0 Å². The number of amides is 1. The predicted molar refractivity (Wildman–Crippen MR) is 77.1 cm³/mol. The fraction of sp³-hybridized carbons (Fsp3) is 0.375. The number of aromatic nitrogens is 2. The summed E-state index contributed by atoms with van der Waals surface area (Å²) in [5.74, 6) is -0.203. The van der Waals surface area contributed by atoms with Crippen molar-refractivity contribution in [2.24, 2.45) is 0 Å². The molecule has 1 aromatic carbocycles. The molecule has 3 rings (SSSR count). The Morgan fingerprint density at radius 1 is 1.43 bits per heavy atom. The topological polar surface area (TPSA) is 38.1 Å². The number of rotatable bonds is 4. The van der Waals surface area contributed by atoms with E-state index in [1.807, 2.05) is 29.9 Å². The zero-order valence-corrected chi connectivity index (χ0v) is 12.0. The van der Waals surface area contributed by atoms with Crippen molar-refractivity contribution in [3.05, 3.63) is 53.6 Å². The minimum Gasteiger partial charge on any atom is -0.335 e. The highest BCUT2D eigenvalue weighted by molar-refractivity contribution is 5.79. The molecule has 1 saturated heterocycles. The molecule has 0 bridgehead atoms. The Morgan fingerprint density at radius 3 is 2.90 bits per heavy atom. The first-order chi connectivity index (χ1) is 10.2. The summed E-state index contributed by atoms with van der Waals surface area (Å²) >= 11 is 0. The van der Waals surface area contributed by atoms with E-state index in [9.17, 15) is 9.18 Å². The van der Waals surface area contributed by atoms with Crippen LogP contribution in [0, 0.1) is 5.82 Å². The summed E-state index contributed by atoms with van der Waals surface area (Å²) < 4.78 is 15.1. The maximum absolute atomic E-state index is 13.3. The van der Waals surface area contributed by atoms with E-state index in [0.29, 0.717) is 6.42 Å². The van der Waals surface area contributed by atoms with Crippen LogP contribution in [0.25, 0.3) is 0 Å². The van der Waals surface area contributed by atoms with Gasteiger partial charge in [0.2, 0.25) is 5.91 Å². The van der Waals surface area contributed by atoms with Crippen LogP contribution in [0.2, 0.25) is 0 Å². The van der Waals surface area contributed by atoms with Gasteiger partial charge in [-0.1, -0.05) is 12.1 Å². The molecule has 110 valence electrons. The van der Waals surface area contributed by atoms with Crippen molar-refractivity contribution in [1.29, 1.82) is 0 Å². The lowest BCUT2D eigenvalue weighted by Crippen LogP contribution is -2.45. The van der Waals surface area contributed by atoms with Crippen LogP contribution < -0.4 is 0 Å². The monoisotopic (exact) mass is 287 g/mol. The minimum absolute atomic E-state index is 0.00135. The summed E-state index contributed by atoms with van der Waals surface area (Å²) in [6, 6.07) is 8.37. The predicted octanol–water partition coefficient (Wildman–Crippen LogP) is 2.56. The fourth-order valence-electron chi connectivity index (χ4n) is 2.68. The van der Waals surface area contributed by atoms with Crippen molar-refractivity contribution in [2.45, 2.75) is 32.4 Å². The largest absolute Gasteiger partial charge is 0.335 e. The van der Waals surface area contributed by atoms with Crippen LogP contribution in [-0.4, -0.2) is 27.1 Å². The van der Waals surface area contributed by atoms with Crippen molar-refractivity contribution in [1.82, 2.24) is 14.7 Å². The van der Waals surface area contributed by atoms with Crippen molar-refractivity contribution < 1.29 is 9.18 Å². The Balaban J connectivity index is 1.67. The maximum Gasteiger partial charge on any atom is 0.229 e. The second-order valence-electron chi connectivity index (χ2n) is 5.29. The first kappa shape index (κ1) is 13.8. The molecule has 5 heteroatoms. The summed E-state index contributed by atoms with van der Waals surface area (Å²) in [7, 11) is 0. The van der Waals surface area contributed by atoms with Gasteiger partial charge in [0.25, 0.3) is 0 Å². The van der Waals surface area contributed by atoms with Gasteiger partial charge in [0.05, 0.1) is 18.2 Å². The van der Waals surface area contributed by atoms with E-state index < -0.39 is 0 Å². The second-order valence-corrected chi connectivity index (χ2v) is 5.29. The molecule has 0 aliphatic carbocycles. The van der Waals surface area contributed by atoms with Crippen LogP contribution in [0.3, 0.4) is 0 Å². The molecule has 1 aliphatic rings. The zero-order valence-electron chi connectivity index (χ0n) is 12.0. The quantitative estimate of drug-likeness (QED) is 0.867. The summed E-state index contributed by atoms with van der Waals surface area (Å²) in [5, 5.41) is 4.33. The van der Waals surface area contributed by atoms with Gasteiger partial charge in [-0.15, -0.1) is 0 Å². The van der Waals surface area contributed by atoms with Gasteiger partial charge in [0.1, 0.15) is 5.82 Å². The van der Waals surface area contributed by atoms with E-state index in [-0.39, 0.29) is 17.8 Å². The average Bonchev–Trinajstić information content (AvgIpc) is 2.85. The number of carbonyl (C=O) groups is 1. The molecule has 1 aliphatic heterocycles. The molecule has 1 fully saturated rings. The summed E-state index contributed by atoms with van der Waals surface area (Å²) in [6.07, 6.45) is 3.07. The Labute approximate surface area is 123 Å². The van der Waals surface area contributed by atoms with Gasteiger partial charge in [0.15, 0.2) is 0 Å². The van der Waals surface area contributed by atoms with Crippen LogP contribution in [0.5, 0.6) is 0 Å². The summed E-state index contributed by atoms with van der Waals surface area (Å²) in [5.41, 5.74) is 1.65. The Kier molecular flexibility index (Phi) is 3.73. The van der Waals surface area contributed by atoms with Gasteiger partial charge in [-0.25, -0.2) is 4.39 Å². The molecule has 2 aromatic rings. The molecule has 0 saturated carbocycles. The van der Waals surface area contributed by atoms with Crippen LogP contribution in [0.4, 0.5) is 4.39 Å². The SMILES string of the molecule is CCn1ccc(CC(=O)N2CCC2c2cccc(F)c2)n1. The van der Waals surface area contributed by atoms with E-state index >= 15 is 0 Å². The van der Waals surface area contributed by atoms with Gasteiger partial charge in [-0.05, 0) is 37.1 Å². The second kappa shape index (κ2) is 5.68. The number of nitrogens with zero attached hydrogens (tertiary/aromatic N) is 3. The highest BCUT2D eigenvalue weighted by Gasteiger charge is 2.33. The first-order valence-electron chi connectivity index (χ1n) is 7.24. The van der Waals surface area contributed by atoms with Crippen molar-refractivity contribution in [3.63, 3.8) is 0 Å². The minimum atomic E-state index is -0.256. The van der Waals surface area contributed by atoms with E-state index in [1.54, 1.807) is 11.0 Å². The number of hydrogen-bond acceptors (Lipinski definition) is 2. The molecule has 1 amide bonds. The number of halogens is 1. The standard InChI is InChI=1S/C16H18FN3O/c1-2-19-8-6-14(18-19)11-16(21)20-9-7-15(20)12-4-3-5-13(17)10-12/h3-6,8,10,15H,2,7,9,11H2,1H3. The third-order valence-corrected chi connectivity index (χ3v) is 3.93. The lowest BCUT2D eigenvalue weighted by atomic mass is 9.94. The molecule has 1 atom stereocenters. The van der Waals surface area contributed by atoms with E-state index in [2.05, 4.69) is 5.10 Å². The van der Waals surface area contributed by atoms with Gasteiger partial charge < -0.3 is 4.90 Å². The van der Waals surface area contributed by atoms with Gasteiger partial charge in [-0.2, -0.15) is 5.10 Å². The Hall–Kier alpha value is -2.17. The molecule has 2 heterocycles. The zero-order chi connectivity index (χ0) is 14.8. The first-order valence-corrected chi connectivity index (χ1v) is 7.24. The number of benzene rings is 1. The Morgan fingerprint density at radius 2 is 2.29 bits per heavy atom. The molecule has 0 radical (unpaired) electrons. The molecular formula is C16H18FN3O. The third-order valence-electron chi connectivity index (χ3n) is 3.93. The molecule has 1 unspecified atom stereocenters. The van der Waals surface area contributed by atoms with Gasteiger partial charge >= 0.3 is 0 Å². The van der Waals surface area contributed by atoms with Crippen LogP contribution in [0.15, 0.2) is 36.5 Å². The van der Waals surface area contributed by atoms with Crippen LogP contribution in [-0.2, 0) is 17.8 Å². The molecule has 21 heavy (non-hydrogen) atoms. The third kappa shape index (κ3) is 2.82. The average molecular weight is 287 g/mol. The summed E-state index contributed by atoms with van der Waals surface area (Å²) in [6.45, 7) is 3.53. The normalized spacial score (nSPS) is 17.6. The van der Waals surface area contributed by atoms with E-state index in [0.717, 1.165) is 30.8 Å². The number of likely N-dealkylation sites (tertiary alicyclic amines) is 1. The lowest BCUT2D eigenvalue weighted by Gasteiger charge is -2.41. The van der Waals surface area contributed by atoms with E-state index in [1.165, 1.54) is 12.1 Å². The number of hydrogen-bond donors (Lipinski definition) is 0. The highest BCUT2D eigenvalue weighted by atomic mass is 19.1.